The normalized spacial score (nSPS) is 16.1. The van der Waals surface area contributed by atoms with E-state index in [4.69, 9.17) is 12.2 Å². The highest BCUT2D eigenvalue weighted by molar-refractivity contribution is 8.23. The predicted octanol–water partition coefficient (Wildman–Crippen LogP) is 4.39. The van der Waals surface area contributed by atoms with E-state index in [0.29, 0.717) is 10.2 Å². The highest BCUT2D eigenvalue weighted by atomic mass is 32.2. The number of benzene rings is 1. The van der Waals surface area contributed by atoms with Gasteiger partial charge in [0.2, 0.25) is 5.91 Å². The summed E-state index contributed by atoms with van der Waals surface area (Å²) in [6, 6.07) is 4.59. The molecule has 1 heterocycles. The maximum absolute atomic E-state index is 12.7. The molecular weight excluding hydrogens is 357 g/mol. The molecule has 0 spiro atoms. The van der Waals surface area contributed by atoms with E-state index in [-0.39, 0.29) is 17.3 Å². The number of amides is 1. The van der Waals surface area contributed by atoms with Gasteiger partial charge in [0.1, 0.15) is 4.32 Å². The number of thioether (sulfide) groups is 1. The molecule has 0 radical (unpaired) electrons. The van der Waals surface area contributed by atoms with Crippen LogP contribution in [-0.4, -0.2) is 34.0 Å². The lowest BCUT2D eigenvalue weighted by Crippen LogP contribution is -2.36. The van der Waals surface area contributed by atoms with Gasteiger partial charge in [-0.05, 0) is 37.0 Å². The van der Waals surface area contributed by atoms with Crippen LogP contribution in [0.1, 0.15) is 25.3 Å². The number of hydrogen-bond acceptors (Lipinski definition) is 3. The van der Waals surface area contributed by atoms with Gasteiger partial charge in [0.25, 0.3) is 0 Å². The SMILES string of the molecule is CC1CCN(C(=S)SCC(=O)Nc2cccc(C(F)(F)F)c2)CC1. The molecule has 1 N–H and O–H groups in total. The Kier molecular flexibility index (Phi) is 6.51. The van der Waals surface area contributed by atoms with Gasteiger partial charge >= 0.3 is 6.18 Å². The zero-order valence-electron chi connectivity index (χ0n) is 13.2. The number of nitrogens with zero attached hydrogens (tertiary/aromatic N) is 1. The van der Waals surface area contributed by atoms with Crippen molar-refractivity contribution < 1.29 is 18.0 Å². The number of piperidine rings is 1. The van der Waals surface area contributed by atoms with Crippen molar-refractivity contribution in [3.63, 3.8) is 0 Å². The van der Waals surface area contributed by atoms with Crippen LogP contribution < -0.4 is 5.32 Å². The number of carbonyl (C=O) groups excluding carboxylic acids is 1. The van der Waals surface area contributed by atoms with Crippen molar-refractivity contribution >= 4 is 39.9 Å². The van der Waals surface area contributed by atoms with Crippen molar-refractivity contribution in [2.45, 2.75) is 25.9 Å². The summed E-state index contributed by atoms with van der Waals surface area (Å²) in [4.78, 5) is 14.0. The summed E-state index contributed by atoms with van der Waals surface area (Å²) in [5, 5.41) is 2.48. The van der Waals surface area contributed by atoms with Gasteiger partial charge in [-0.15, -0.1) is 0 Å². The van der Waals surface area contributed by atoms with Crippen molar-refractivity contribution in [2.75, 3.05) is 24.2 Å². The molecule has 1 aromatic carbocycles. The van der Waals surface area contributed by atoms with Crippen molar-refractivity contribution in [3.05, 3.63) is 29.8 Å². The van der Waals surface area contributed by atoms with Gasteiger partial charge in [-0.2, -0.15) is 13.2 Å². The van der Waals surface area contributed by atoms with E-state index in [1.165, 1.54) is 23.9 Å². The Morgan fingerprint density at radius 2 is 2.04 bits per heavy atom. The molecule has 3 nitrogen and oxygen atoms in total. The average Bonchev–Trinajstić information content (AvgIpc) is 2.53. The summed E-state index contributed by atoms with van der Waals surface area (Å²) < 4.78 is 38.6. The summed E-state index contributed by atoms with van der Waals surface area (Å²) in [5.74, 6) is 0.409. The van der Waals surface area contributed by atoms with Crippen LogP contribution in [0.4, 0.5) is 18.9 Å². The van der Waals surface area contributed by atoms with E-state index in [1.807, 2.05) is 0 Å². The molecule has 0 atom stereocenters. The van der Waals surface area contributed by atoms with Gasteiger partial charge in [0.05, 0.1) is 11.3 Å². The molecule has 0 aromatic heterocycles. The smallest absolute Gasteiger partial charge is 0.357 e. The summed E-state index contributed by atoms with van der Waals surface area (Å²) in [7, 11) is 0. The number of carbonyl (C=O) groups is 1. The topological polar surface area (TPSA) is 32.3 Å². The number of nitrogens with one attached hydrogen (secondary N) is 1. The van der Waals surface area contributed by atoms with Crippen molar-refractivity contribution in [1.82, 2.24) is 4.90 Å². The summed E-state index contributed by atoms with van der Waals surface area (Å²) in [6.07, 6.45) is -2.27. The molecule has 0 bridgehead atoms. The average molecular weight is 376 g/mol. The van der Waals surface area contributed by atoms with Crippen LogP contribution >= 0.6 is 24.0 Å². The zero-order valence-corrected chi connectivity index (χ0v) is 14.9. The molecule has 1 amide bonds. The number of hydrogen-bond donors (Lipinski definition) is 1. The third kappa shape index (κ3) is 5.66. The molecule has 132 valence electrons. The third-order valence-corrected chi connectivity index (χ3v) is 5.37. The molecule has 2 rings (SSSR count). The van der Waals surface area contributed by atoms with Gasteiger partial charge in [-0.3, -0.25) is 4.79 Å². The first-order valence-electron chi connectivity index (χ1n) is 7.64. The minimum absolute atomic E-state index is 0.0845. The van der Waals surface area contributed by atoms with E-state index < -0.39 is 11.7 Å². The number of likely N-dealkylation sites (tertiary alicyclic amines) is 1. The molecule has 1 aliphatic heterocycles. The fourth-order valence-corrected chi connectivity index (χ4v) is 3.43. The molecule has 1 saturated heterocycles. The Labute approximate surface area is 149 Å². The lowest BCUT2D eigenvalue weighted by atomic mass is 10.00. The Hall–Kier alpha value is -1.28. The number of halogens is 3. The summed E-state index contributed by atoms with van der Waals surface area (Å²) >= 11 is 6.57. The Morgan fingerprint density at radius 3 is 2.67 bits per heavy atom. The predicted molar refractivity (Wildman–Crippen MR) is 95.1 cm³/mol. The third-order valence-electron chi connectivity index (χ3n) is 3.84. The van der Waals surface area contributed by atoms with E-state index in [2.05, 4.69) is 17.1 Å². The second kappa shape index (κ2) is 8.20. The first-order chi connectivity index (χ1) is 11.3. The highest BCUT2D eigenvalue weighted by Gasteiger charge is 2.30. The number of anilines is 1. The number of thiocarbonyl (C=S) groups is 1. The fraction of sp³-hybridized carbons (Fsp3) is 0.500. The molecule has 0 saturated carbocycles. The Balaban J connectivity index is 1.82. The summed E-state index contributed by atoms with van der Waals surface area (Å²) in [5.41, 5.74) is -0.654. The van der Waals surface area contributed by atoms with E-state index in [1.54, 1.807) is 0 Å². The van der Waals surface area contributed by atoms with Crippen molar-refractivity contribution in [2.24, 2.45) is 5.92 Å². The van der Waals surface area contributed by atoms with Gasteiger partial charge in [0.15, 0.2) is 0 Å². The first kappa shape index (κ1) is 19.1. The van der Waals surface area contributed by atoms with Crippen molar-refractivity contribution in [1.29, 1.82) is 0 Å². The maximum Gasteiger partial charge on any atom is 0.416 e. The number of alkyl halides is 3. The van der Waals surface area contributed by atoms with Gasteiger partial charge in [0, 0.05) is 18.8 Å². The van der Waals surface area contributed by atoms with Crippen LogP contribution in [0.5, 0.6) is 0 Å². The van der Waals surface area contributed by atoms with Gasteiger partial charge in [-0.1, -0.05) is 37.0 Å². The fourth-order valence-electron chi connectivity index (χ4n) is 2.38. The Bertz CT molecular complexity index is 599. The molecule has 0 unspecified atom stereocenters. The monoisotopic (exact) mass is 376 g/mol. The van der Waals surface area contributed by atoms with Crippen LogP contribution in [-0.2, 0) is 11.0 Å². The van der Waals surface area contributed by atoms with Crippen LogP contribution in [0.25, 0.3) is 0 Å². The van der Waals surface area contributed by atoms with E-state index in [9.17, 15) is 18.0 Å². The van der Waals surface area contributed by atoms with Crippen LogP contribution in [0, 0.1) is 5.92 Å². The number of rotatable bonds is 3. The quantitative estimate of drug-likeness (QED) is 0.793. The zero-order chi connectivity index (χ0) is 17.7. The standard InChI is InChI=1S/C16H19F3N2OS2/c1-11-5-7-21(8-6-11)15(23)24-10-14(22)20-13-4-2-3-12(9-13)16(17,18)19/h2-4,9,11H,5-8,10H2,1H3,(H,20,22). The lowest BCUT2D eigenvalue weighted by molar-refractivity contribution is -0.137. The first-order valence-corrected chi connectivity index (χ1v) is 9.04. The van der Waals surface area contributed by atoms with Crippen LogP contribution in [0.2, 0.25) is 0 Å². The van der Waals surface area contributed by atoms with Gasteiger partial charge < -0.3 is 10.2 Å². The van der Waals surface area contributed by atoms with Crippen molar-refractivity contribution in [3.8, 4) is 0 Å². The lowest BCUT2D eigenvalue weighted by Gasteiger charge is -2.31. The molecule has 24 heavy (non-hydrogen) atoms. The molecule has 1 fully saturated rings. The van der Waals surface area contributed by atoms with E-state index in [0.717, 1.165) is 38.1 Å². The molecule has 1 aliphatic rings. The largest absolute Gasteiger partial charge is 0.416 e. The second-order valence-electron chi connectivity index (χ2n) is 5.85. The van der Waals surface area contributed by atoms with Gasteiger partial charge in [-0.25, -0.2) is 0 Å². The maximum atomic E-state index is 12.7. The molecule has 8 heteroatoms. The summed E-state index contributed by atoms with van der Waals surface area (Å²) in [6.45, 7) is 3.99. The molecular formula is C16H19F3N2OS2. The minimum Gasteiger partial charge on any atom is -0.357 e. The minimum atomic E-state index is -4.43. The van der Waals surface area contributed by atoms with E-state index >= 15 is 0 Å². The molecule has 0 aliphatic carbocycles. The van der Waals surface area contributed by atoms with Crippen LogP contribution in [0.15, 0.2) is 24.3 Å². The highest BCUT2D eigenvalue weighted by Crippen LogP contribution is 2.30. The second-order valence-corrected chi connectivity index (χ2v) is 7.46. The van der Waals surface area contributed by atoms with Crippen LogP contribution in [0.3, 0.4) is 0 Å². The Morgan fingerprint density at radius 1 is 1.38 bits per heavy atom. The molecule has 1 aromatic rings.